The first-order valence-corrected chi connectivity index (χ1v) is 11.8. The molecule has 2 aromatic rings. The van der Waals surface area contributed by atoms with Crippen molar-refractivity contribution in [2.75, 3.05) is 12.8 Å². The monoisotopic (exact) mass is 444 g/mol. The molecule has 4 rings (SSSR count). The highest BCUT2D eigenvalue weighted by molar-refractivity contribution is 7.89. The number of nitrogens with one attached hydrogen (secondary N) is 1. The van der Waals surface area contributed by atoms with Crippen LogP contribution < -0.4 is 10.5 Å². The number of hydroxylamine groups is 2. The lowest BCUT2D eigenvalue weighted by Crippen LogP contribution is -2.33. The fourth-order valence-corrected chi connectivity index (χ4v) is 5.29. The van der Waals surface area contributed by atoms with Crippen LogP contribution in [-0.4, -0.2) is 48.8 Å². The highest BCUT2D eigenvalue weighted by atomic mass is 32.2. The number of anilines is 1. The highest BCUT2D eigenvalue weighted by Crippen LogP contribution is 2.33. The van der Waals surface area contributed by atoms with Crippen LogP contribution >= 0.6 is 0 Å². The summed E-state index contributed by atoms with van der Waals surface area (Å²) >= 11 is 0. The molecule has 0 bridgehead atoms. The number of aliphatic hydroxyl groups is 1. The molecule has 8 nitrogen and oxygen atoms in total. The number of sulfonamides is 1. The number of aliphatic hydroxyl groups excluding tert-OH is 1. The van der Waals surface area contributed by atoms with Crippen molar-refractivity contribution in [2.45, 2.75) is 56.2 Å². The predicted octanol–water partition coefficient (Wildman–Crippen LogP) is 2.44. The molecule has 0 saturated heterocycles. The predicted molar refractivity (Wildman–Crippen MR) is 119 cm³/mol. The van der Waals surface area contributed by atoms with Crippen molar-refractivity contribution in [1.29, 1.82) is 0 Å². The first kappa shape index (κ1) is 21.8. The summed E-state index contributed by atoms with van der Waals surface area (Å²) in [6.07, 6.45) is 4.83. The van der Waals surface area contributed by atoms with Gasteiger partial charge in [0.1, 0.15) is 5.82 Å². The van der Waals surface area contributed by atoms with Crippen LogP contribution in [0, 0.1) is 6.92 Å². The third-order valence-corrected chi connectivity index (χ3v) is 7.47. The largest absolute Gasteiger partial charge is 0.405 e. The number of nitrogens with two attached hydrogens (primary N) is 1. The molecule has 0 amide bonds. The molecule has 0 spiro atoms. The van der Waals surface area contributed by atoms with Gasteiger partial charge in [-0.15, -0.1) is 5.06 Å². The van der Waals surface area contributed by atoms with E-state index in [-0.39, 0.29) is 17.0 Å². The van der Waals surface area contributed by atoms with Crippen molar-refractivity contribution in [3.63, 3.8) is 0 Å². The second-order valence-electron chi connectivity index (χ2n) is 8.33. The first-order chi connectivity index (χ1) is 14.6. The molecule has 166 valence electrons. The van der Waals surface area contributed by atoms with Crippen LogP contribution in [0.3, 0.4) is 0 Å². The average molecular weight is 445 g/mol. The number of hydrogen-bond acceptors (Lipinski definition) is 7. The zero-order valence-electron chi connectivity index (χ0n) is 17.9. The molecule has 1 saturated carbocycles. The lowest BCUT2D eigenvalue weighted by atomic mass is 10.00. The topological polar surface area (TPSA) is 118 Å². The van der Waals surface area contributed by atoms with Gasteiger partial charge in [0, 0.05) is 24.8 Å². The van der Waals surface area contributed by atoms with E-state index in [1.165, 1.54) is 0 Å². The maximum atomic E-state index is 12.9. The molecule has 2 heterocycles. The standard InChI is InChI=1S/C22H28N4O4S/c1-13-4-7-18(31(28,29)25-16-5-6-17(27)10-16)11-19(13)15-9-20(22(23)24-12-15)21-8-14(2)26(3)30-21/h4,7-9,11-12,14,16-17,25,27H,5-6,10H2,1-3H3,(H2,23,24)/t14?,16-,17?/m1/s1. The van der Waals surface area contributed by atoms with E-state index >= 15 is 0 Å². The third-order valence-electron chi connectivity index (χ3n) is 5.95. The summed E-state index contributed by atoms with van der Waals surface area (Å²) in [5, 5.41) is 11.4. The van der Waals surface area contributed by atoms with Gasteiger partial charge in [-0.2, -0.15) is 0 Å². The van der Waals surface area contributed by atoms with Gasteiger partial charge in [-0.05, 0) is 68.5 Å². The second kappa shape index (κ2) is 8.23. The van der Waals surface area contributed by atoms with Crippen molar-refractivity contribution >= 4 is 21.6 Å². The second-order valence-corrected chi connectivity index (χ2v) is 10.0. The summed E-state index contributed by atoms with van der Waals surface area (Å²) in [6, 6.07) is 6.76. The van der Waals surface area contributed by atoms with Crippen molar-refractivity contribution < 1.29 is 18.4 Å². The van der Waals surface area contributed by atoms with Gasteiger partial charge < -0.3 is 15.7 Å². The van der Waals surface area contributed by atoms with Crippen LogP contribution in [0.25, 0.3) is 16.9 Å². The third kappa shape index (κ3) is 4.45. The van der Waals surface area contributed by atoms with E-state index in [2.05, 4.69) is 9.71 Å². The Labute approximate surface area is 182 Å². The SMILES string of the molecule is Cc1ccc(S(=O)(=O)N[C@@H]2CCC(O)C2)cc1-c1cnc(N)c(C2=CC(C)N(C)O2)c1. The van der Waals surface area contributed by atoms with E-state index in [0.717, 1.165) is 16.7 Å². The molecule has 1 aliphatic carbocycles. The van der Waals surface area contributed by atoms with Crippen LogP contribution in [0.5, 0.6) is 0 Å². The van der Waals surface area contributed by atoms with Gasteiger partial charge in [-0.3, -0.25) is 0 Å². The molecule has 4 N–H and O–H groups in total. The minimum Gasteiger partial charge on any atom is -0.405 e. The molecule has 0 radical (unpaired) electrons. The summed E-state index contributed by atoms with van der Waals surface area (Å²) in [4.78, 5) is 10.3. The summed E-state index contributed by atoms with van der Waals surface area (Å²) in [7, 11) is -1.87. The van der Waals surface area contributed by atoms with Crippen molar-refractivity contribution in [1.82, 2.24) is 14.8 Å². The number of aromatic nitrogens is 1. The zero-order valence-corrected chi connectivity index (χ0v) is 18.7. The minimum atomic E-state index is -3.71. The Balaban J connectivity index is 1.68. The van der Waals surface area contributed by atoms with E-state index in [1.807, 2.05) is 33.0 Å². The molecule has 2 unspecified atom stereocenters. The minimum absolute atomic E-state index is 0.105. The average Bonchev–Trinajstić information content (AvgIpc) is 3.26. The molecule has 2 aliphatic rings. The van der Waals surface area contributed by atoms with Crippen LogP contribution in [0.1, 0.15) is 37.3 Å². The molecule has 9 heteroatoms. The number of hydrogen-bond donors (Lipinski definition) is 3. The van der Waals surface area contributed by atoms with E-state index in [0.29, 0.717) is 36.4 Å². The Kier molecular flexibility index (Phi) is 5.78. The number of pyridine rings is 1. The number of nitrogen functional groups attached to an aromatic ring is 1. The van der Waals surface area contributed by atoms with Gasteiger partial charge in [0.25, 0.3) is 0 Å². The Morgan fingerprint density at radius 1 is 1.26 bits per heavy atom. The van der Waals surface area contributed by atoms with Crippen LogP contribution in [-0.2, 0) is 14.9 Å². The Hall–Kier alpha value is -2.46. The lowest BCUT2D eigenvalue weighted by molar-refractivity contribution is -0.0603. The first-order valence-electron chi connectivity index (χ1n) is 10.3. The van der Waals surface area contributed by atoms with Gasteiger partial charge in [0.05, 0.1) is 22.6 Å². The number of likely N-dealkylation sites (N-methyl/N-ethyl adjacent to an activating group) is 1. The van der Waals surface area contributed by atoms with Crippen LogP contribution in [0.15, 0.2) is 41.4 Å². The maximum absolute atomic E-state index is 12.9. The van der Waals surface area contributed by atoms with Gasteiger partial charge in [0.15, 0.2) is 5.76 Å². The van der Waals surface area contributed by atoms with E-state index in [1.54, 1.807) is 29.5 Å². The fourth-order valence-electron chi connectivity index (χ4n) is 3.98. The van der Waals surface area contributed by atoms with Gasteiger partial charge in [0.2, 0.25) is 10.0 Å². The molecule has 1 aromatic heterocycles. The number of nitrogens with zero attached hydrogens (tertiary/aromatic N) is 2. The summed E-state index contributed by atoms with van der Waals surface area (Å²) in [6.45, 7) is 3.93. The molecule has 3 atom stereocenters. The molecule has 1 aromatic carbocycles. The maximum Gasteiger partial charge on any atom is 0.240 e. The van der Waals surface area contributed by atoms with Gasteiger partial charge >= 0.3 is 0 Å². The van der Waals surface area contributed by atoms with Gasteiger partial charge in [-0.25, -0.2) is 18.1 Å². The normalized spacial score (nSPS) is 24.3. The molecule has 31 heavy (non-hydrogen) atoms. The fraction of sp³-hybridized carbons (Fsp3) is 0.409. The van der Waals surface area contributed by atoms with Crippen molar-refractivity contribution in [3.8, 4) is 11.1 Å². The molecular weight excluding hydrogens is 416 g/mol. The highest BCUT2D eigenvalue weighted by Gasteiger charge is 2.28. The van der Waals surface area contributed by atoms with Crippen LogP contribution in [0.2, 0.25) is 0 Å². The Morgan fingerprint density at radius 3 is 2.68 bits per heavy atom. The Bertz CT molecular complexity index is 1130. The molecule has 1 fully saturated rings. The quantitative estimate of drug-likeness (QED) is 0.648. The summed E-state index contributed by atoms with van der Waals surface area (Å²) < 4.78 is 28.6. The van der Waals surface area contributed by atoms with Crippen molar-refractivity contribution in [3.05, 3.63) is 47.7 Å². The lowest BCUT2D eigenvalue weighted by Gasteiger charge is -2.16. The van der Waals surface area contributed by atoms with Crippen LogP contribution in [0.4, 0.5) is 5.82 Å². The van der Waals surface area contributed by atoms with E-state index in [4.69, 9.17) is 10.6 Å². The van der Waals surface area contributed by atoms with E-state index in [9.17, 15) is 13.5 Å². The van der Waals surface area contributed by atoms with E-state index < -0.39 is 16.1 Å². The summed E-state index contributed by atoms with van der Waals surface area (Å²) in [5.41, 5.74) is 9.19. The summed E-state index contributed by atoms with van der Waals surface area (Å²) in [5.74, 6) is 0.977. The van der Waals surface area contributed by atoms with Crippen molar-refractivity contribution in [2.24, 2.45) is 0 Å². The Morgan fingerprint density at radius 2 is 2.03 bits per heavy atom. The zero-order chi connectivity index (χ0) is 22.3. The number of aryl methyl sites for hydroxylation is 1. The van der Waals surface area contributed by atoms with Gasteiger partial charge in [-0.1, -0.05) is 6.07 Å². The number of benzene rings is 1. The smallest absolute Gasteiger partial charge is 0.240 e. The molecule has 1 aliphatic heterocycles. The number of rotatable bonds is 5. The molecular formula is C22H28N4O4S.